The highest BCUT2D eigenvalue weighted by molar-refractivity contribution is 5.99. The van der Waals surface area contributed by atoms with Gasteiger partial charge in [0.1, 0.15) is 6.04 Å². The average molecular weight is 247 g/mol. The second-order valence-electron chi connectivity index (χ2n) is 3.88. The molecule has 0 fully saturated rings. The minimum Gasteiger partial charge on any atom is -0.328 e. The topological polar surface area (TPSA) is 20.3 Å². The highest BCUT2D eigenvalue weighted by Crippen LogP contribution is 2.45. The second-order valence-corrected chi connectivity index (χ2v) is 3.88. The number of fused-ring (bicyclic) bond motifs is 1. The van der Waals surface area contributed by atoms with Crippen molar-refractivity contribution >= 4 is 5.91 Å². The lowest BCUT2D eigenvalue weighted by Gasteiger charge is -2.28. The van der Waals surface area contributed by atoms with E-state index in [1.807, 2.05) is 0 Å². The Balaban J connectivity index is 2.54. The van der Waals surface area contributed by atoms with Crippen molar-refractivity contribution in [3.05, 3.63) is 35.4 Å². The van der Waals surface area contributed by atoms with Crippen LogP contribution in [0.1, 0.15) is 22.0 Å². The number of benzene rings is 1. The molecule has 6 heteroatoms. The Morgan fingerprint density at radius 1 is 1.29 bits per heavy atom. The minimum atomic E-state index is -4.25. The van der Waals surface area contributed by atoms with Gasteiger partial charge in [0, 0.05) is 12.6 Å². The molecule has 0 N–H and O–H groups in total. The largest absolute Gasteiger partial charge is 0.331 e. The number of carbonyl (C=O) groups is 1. The normalized spacial score (nSPS) is 20.0. The minimum absolute atomic E-state index is 0.0506. The van der Waals surface area contributed by atoms with Gasteiger partial charge in [-0.3, -0.25) is 4.79 Å². The van der Waals surface area contributed by atoms with Crippen molar-refractivity contribution in [3.63, 3.8) is 0 Å². The van der Waals surface area contributed by atoms with Crippen molar-refractivity contribution in [2.24, 2.45) is 0 Å². The number of halogens is 4. The summed E-state index contributed by atoms with van der Waals surface area (Å²) in [4.78, 5) is 12.3. The van der Waals surface area contributed by atoms with Crippen LogP contribution in [0, 0.1) is 0 Å². The van der Waals surface area contributed by atoms with Gasteiger partial charge in [0.05, 0.1) is 0 Å². The van der Waals surface area contributed by atoms with Crippen LogP contribution in [0.4, 0.5) is 17.6 Å². The Morgan fingerprint density at radius 3 is 2.47 bits per heavy atom. The zero-order valence-electron chi connectivity index (χ0n) is 8.83. The van der Waals surface area contributed by atoms with E-state index in [4.69, 9.17) is 0 Å². The average Bonchev–Trinajstić information content (AvgIpc) is 2.52. The van der Waals surface area contributed by atoms with E-state index in [-0.39, 0.29) is 11.1 Å². The number of nitrogens with zero attached hydrogens (tertiary/aromatic N) is 1. The Bertz CT molecular complexity index is 461. The van der Waals surface area contributed by atoms with Crippen molar-refractivity contribution in [1.82, 2.24) is 4.90 Å². The van der Waals surface area contributed by atoms with Gasteiger partial charge < -0.3 is 4.90 Å². The highest BCUT2D eigenvalue weighted by Gasteiger charge is 2.55. The van der Waals surface area contributed by atoms with Crippen LogP contribution < -0.4 is 0 Å². The molecule has 0 bridgehead atoms. The molecule has 0 saturated heterocycles. The fourth-order valence-corrected chi connectivity index (χ4v) is 2.03. The fraction of sp³-hybridized carbons (Fsp3) is 0.364. The number of hydrogen-bond acceptors (Lipinski definition) is 1. The molecule has 2 nitrogen and oxygen atoms in total. The van der Waals surface area contributed by atoms with Crippen LogP contribution in [-0.4, -0.2) is 30.2 Å². The summed E-state index contributed by atoms with van der Waals surface area (Å²) in [5, 5.41) is 0. The maximum absolute atomic E-state index is 13.4. The third-order valence-electron chi connectivity index (χ3n) is 2.85. The molecule has 1 aromatic rings. The first-order valence-corrected chi connectivity index (χ1v) is 4.89. The quantitative estimate of drug-likeness (QED) is 0.736. The maximum atomic E-state index is 13.4. The predicted molar refractivity (Wildman–Crippen MR) is 52.2 cm³/mol. The van der Waals surface area contributed by atoms with E-state index in [0.717, 1.165) is 7.05 Å². The molecule has 0 radical (unpaired) electrons. The first-order valence-electron chi connectivity index (χ1n) is 4.89. The van der Waals surface area contributed by atoms with Crippen LogP contribution >= 0.6 is 0 Å². The van der Waals surface area contributed by atoms with Gasteiger partial charge in [-0.25, -0.2) is 8.78 Å². The van der Waals surface area contributed by atoms with E-state index < -0.39 is 24.3 Å². The van der Waals surface area contributed by atoms with Gasteiger partial charge >= 0.3 is 12.3 Å². The number of rotatable bonds is 2. The van der Waals surface area contributed by atoms with Crippen LogP contribution in [0.25, 0.3) is 0 Å². The van der Waals surface area contributed by atoms with Gasteiger partial charge in [0.15, 0.2) is 0 Å². The Morgan fingerprint density at radius 2 is 1.88 bits per heavy atom. The fourth-order valence-electron chi connectivity index (χ4n) is 2.03. The van der Waals surface area contributed by atoms with E-state index in [1.54, 1.807) is 0 Å². The molecule has 1 heterocycles. The first kappa shape index (κ1) is 11.9. The third kappa shape index (κ3) is 1.59. The molecule has 1 unspecified atom stereocenters. The molecule has 0 aromatic heterocycles. The third-order valence-corrected chi connectivity index (χ3v) is 2.85. The molecular weight excluding hydrogens is 238 g/mol. The summed E-state index contributed by atoms with van der Waals surface area (Å²) in [7, 11) is 1.10. The number of hydrogen-bond donors (Lipinski definition) is 0. The molecule has 1 amide bonds. The summed E-state index contributed by atoms with van der Waals surface area (Å²) in [6, 6.07) is 3.69. The van der Waals surface area contributed by atoms with Gasteiger partial charge in [0.25, 0.3) is 5.91 Å². The van der Waals surface area contributed by atoms with E-state index in [9.17, 15) is 22.4 Å². The standard InChI is InChI=1S/C11H9F4NO/c1-16-8(11(14,15)10(12)13)6-4-2-3-5-7(6)9(16)17/h2-5,8,10H,1H3. The molecule has 1 aromatic carbocycles. The molecule has 17 heavy (non-hydrogen) atoms. The Labute approximate surface area is 94.8 Å². The summed E-state index contributed by atoms with van der Waals surface area (Å²) >= 11 is 0. The smallest absolute Gasteiger partial charge is 0.328 e. The molecule has 0 aliphatic carbocycles. The summed E-state index contributed by atoms with van der Waals surface area (Å²) in [6.07, 6.45) is -3.81. The van der Waals surface area contributed by atoms with Crippen molar-refractivity contribution in [2.45, 2.75) is 18.4 Å². The van der Waals surface area contributed by atoms with Gasteiger partial charge in [-0.05, 0) is 11.6 Å². The molecule has 2 rings (SSSR count). The predicted octanol–water partition coefficient (Wildman–Crippen LogP) is 2.71. The van der Waals surface area contributed by atoms with E-state index in [1.165, 1.54) is 24.3 Å². The zero-order chi connectivity index (χ0) is 12.8. The van der Waals surface area contributed by atoms with Crippen LogP contribution in [0.5, 0.6) is 0 Å². The monoisotopic (exact) mass is 247 g/mol. The number of carbonyl (C=O) groups excluding carboxylic acids is 1. The Kier molecular flexibility index (Phi) is 2.60. The van der Waals surface area contributed by atoms with Crippen LogP contribution in [0.15, 0.2) is 24.3 Å². The van der Waals surface area contributed by atoms with Crippen LogP contribution in [-0.2, 0) is 0 Å². The number of alkyl halides is 4. The van der Waals surface area contributed by atoms with Gasteiger partial charge in [-0.2, -0.15) is 8.78 Å². The van der Waals surface area contributed by atoms with Crippen molar-refractivity contribution in [1.29, 1.82) is 0 Å². The summed E-state index contributed by atoms with van der Waals surface area (Å²) in [6.45, 7) is 0. The van der Waals surface area contributed by atoms with E-state index >= 15 is 0 Å². The number of amides is 1. The van der Waals surface area contributed by atoms with E-state index in [0.29, 0.717) is 4.90 Å². The van der Waals surface area contributed by atoms with Crippen LogP contribution in [0.2, 0.25) is 0 Å². The van der Waals surface area contributed by atoms with E-state index in [2.05, 4.69) is 0 Å². The molecule has 0 spiro atoms. The first-order chi connectivity index (χ1) is 7.87. The molecular formula is C11H9F4NO. The molecule has 92 valence electrons. The Hall–Kier alpha value is -1.59. The van der Waals surface area contributed by atoms with Crippen molar-refractivity contribution < 1.29 is 22.4 Å². The lowest BCUT2D eigenvalue weighted by atomic mass is 10.00. The van der Waals surface area contributed by atoms with Gasteiger partial charge in [0.2, 0.25) is 0 Å². The van der Waals surface area contributed by atoms with Gasteiger partial charge in [-0.15, -0.1) is 0 Å². The van der Waals surface area contributed by atoms with Crippen molar-refractivity contribution in [3.8, 4) is 0 Å². The van der Waals surface area contributed by atoms with Crippen molar-refractivity contribution in [2.75, 3.05) is 7.05 Å². The molecule has 1 aliphatic rings. The molecule has 1 atom stereocenters. The molecule has 1 aliphatic heterocycles. The second kappa shape index (κ2) is 3.72. The highest BCUT2D eigenvalue weighted by atomic mass is 19.3. The summed E-state index contributed by atoms with van der Waals surface area (Å²) in [5.41, 5.74) is 0.00521. The molecule has 0 saturated carbocycles. The lowest BCUT2D eigenvalue weighted by Crippen LogP contribution is -2.41. The van der Waals surface area contributed by atoms with Gasteiger partial charge in [-0.1, -0.05) is 18.2 Å². The SMILES string of the molecule is CN1C(=O)c2ccccc2C1C(F)(F)C(F)F. The maximum Gasteiger partial charge on any atom is 0.331 e. The van der Waals surface area contributed by atoms with Crippen LogP contribution in [0.3, 0.4) is 0 Å². The zero-order valence-corrected chi connectivity index (χ0v) is 8.83. The summed E-state index contributed by atoms with van der Waals surface area (Å²) in [5.74, 6) is -4.91. The summed E-state index contributed by atoms with van der Waals surface area (Å²) < 4.78 is 51.6. The lowest BCUT2D eigenvalue weighted by molar-refractivity contribution is -0.165.